The van der Waals surface area contributed by atoms with Gasteiger partial charge in [0.05, 0.1) is 42.6 Å². The minimum atomic E-state index is -0.664. The van der Waals surface area contributed by atoms with Crippen LogP contribution in [0.3, 0.4) is 0 Å². The van der Waals surface area contributed by atoms with Crippen molar-refractivity contribution in [1.29, 1.82) is 0 Å². The van der Waals surface area contributed by atoms with Gasteiger partial charge in [-0.1, -0.05) is 23.8 Å². The number of benzene rings is 3. The van der Waals surface area contributed by atoms with E-state index < -0.39 is 6.04 Å². The fraction of sp³-hybridized carbons (Fsp3) is 0.226. The number of para-hydroxylation sites is 2. The number of anilines is 2. The third-order valence-electron chi connectivity index (χ3n) is 7.45. The molecule has 0 saturated carbocycles. The van der Waals surface area contributed by atoms with Crippen LogP contribution < -0.4 is 25.5 Å². The number of rotatable bonds is 4. The molecule has 3 aromatic carbocycles. The molecule has 2 aliphatic rings. The molecule has 6 rings (SSSR count). The Morgan fingerprint density at radius 1 is 0.895 bits per heavy atom. The monoisotopic (exact) mass is 508 g/mol. The largest absolute Gasteiger partial charge is 0.497 e. The van der Waals surface area contributed by atoms with Crippen molar-refractivity contribution in [2.24, 2.45) is 0 Å². The van der Waals surface area contributed by atoms with Crippen molar-refractivity contribution in [2.75, 3.05) is 24.9 Å². The van der Waals surface area contributed by atoms with Crippen LogP contribution in [0.5, 0.6) is 11.5 Å². The van der Waals surface area contributed by atoms with Gasteiger partial charge in [0, 0.05) is 29.2 Å². The zero-order valence-corrected chi connectivity index (χ0v) is 21.5. The van der Waals surface area contributed by atoms with Gasteiger partial charge >= 0.3 is 0 Å². The van der Waals surface area contributed by atoms with Gasteiger partial charge in [0.2, 0.25) is 0 Å². The van der Waals surface area contributed by atoms with E-state index in [4.69, 9.17) is 13.9 Å². The minimum Gasteiger partial charge on any atom is -0.497 e. The molecule has 7 nitrogen and oxygen atoms in total. The number of hydrogen-bond acceptors (Lipinski definition) is 7. The smallest absolute Gasteiger partial charge is 0.198 e. The zero-order valence-electron chi connectivity index (χ0n) is 21.5. The van der Waals surface area contributed by atoms with Crippen LogP contribution in [0, 0.1) is 6.92 Å². The molecule has 1 aliphatic carbocycles. The predicted molar refractivity (Wildman–Crippen MR) is 147 cm³/mol. The van der Waals surface area contributed by atoms with Gasteiger partial charge in [0.25, 0.3) is 0 Å². The molecule has 38 heavy (non-hydrogen) atoms. The Morgan fingerprint density at radius 2 is 1.71 bits per heavy atom. The molecule has 0 radical (unpaired) electrons. The Balaban J connectivity index is 1.51. The standard InChI is InChI=1S/C31H28N2O5/c1-17-8-10-28-21(12-17)31(35)22(16-38-28)30-29-25(32-23-6-4-5-7-24(23)33-30)13-18(14-26(29)34)20-15-19(36-2)9-11-27(20)37-3/h4-12,15-16,18,30,32-33H,13-14H2,1-3H3. The highest BCUT2D eigenvalue weighted by Crippen LogP contribution is 2.46. The molecule has 0 bridgehead atoms. The number of ether oxygens (including phenoxy) is 2. The number of carbonyl (C=O) groups is 1. The number of nitrogens with one attached hydrogen (secondary N) is 2. The third kappa shape index (κ3) is 4.00. The third-order valence-corrected chi connectivity index (χ3v) is 7.45. The summed E-state index contributed by atoms with van der Waals surface area (Å²) in [7, 11) is 3.25. The molecular weight excluding hydrogens is 480 g/mol. The molecule has 2 heterocycles. The second-order valence-corrected chi connectivity index (χ2v) is 9.80. The molecule has 4 aromatic rings. The molecule has 0 fully saturated rings. The fourth-order valence-electron chi connectivity index (χ4n) is 5.56. The van der Waals surface area contributed by atoms with E-state index in [1.807, 2.05) is 61.5 Å². The Morgan fingerprint density at radius 3 is 2.50 bits per heavy atom. The van der Waals surface area contributed by atoms with Crippen molar-refractivity contribution in [2.45, 2.75) is 31.7 Å². The Labute approximate surface area is 220 Å². The van der Waals surface area contributed by atoms with Gasteiger partial charge in [-0.3, -0.25) is 9.59 Å². The molecular formula is C31H28N2O5. The molecule has 0 spiro atoms. The quantitative estimate of drug-likeness (QED) is 0.344. The van der Waals surface area contributed by atoms with Crippen LogP contribution in [0.25, 0.3) is 11.0 Å². The van der Waals surface area contributed by atoms with E-state index in [9.17, 15) is 9.59 Å². The molecule has 2 N–H and O–H groups in total. The lowest BCUT2D eigenvalue weighted by Gasteiger charge is -2.30. The second-order valence-electron chi connectivity index (χ2n) is 9.80. The summed E-state index contributed by atoms with van der Waals surface area (Å²) in [5.41, 5.74) is 5.63. The Kier molecular flexibility index (Phi) is 5.91. The zero-order chi connectivity index (χ0) is 26.4. The first-order valence-electron chi connectivity index (χ1n) is 12.6. The highest BCUT2D eigenvalue weighted by molar-refractivity contribution is 6.01. The molecule has 2 atom stereocenters. The van der Waals surface area contributed by atoms with Crippen molar-refractivity contribution in [3.8, 4) is 11.5 Å². The Bertz CT molecular complexity index is 1670. The van der Waals surface area contributed by atoms with E-state index in [-0.39, 0.29) is 23.6 Å². The first kappa shape index (κ1) is 23.9. The normalized spacial score (nSPS) is 18.7. The van der Waals surface area contributed by atoms with Crippen LogP contribution in [-0.2, 0) is 4.79 Å². The summed E-state index contributed by atoms with van der Waals surface area (Å²) in [5.74, 6) is 1.25. The van der Waals surface area contributed by atoms with Gasteiger partial charge in [-0.25, -0.2) is 0 Å². The highest BCUT2D eigenvalue weighted by Gasteiger charge is 2.38. The van der Waals surface area contributed by atoms with Crippen molar-refractivity contribution < 1.29 is 18.7 Å². The van der Waals surface area contributed by atoms with E-state index in [1.165, 1.54) is 6.26 Å². The van der Waals surface area contributed by atoms with Gasteiger partial charge in [-0.15, -0.1) is 0 Å². The molecule has 192 valence electrons. The Hall–Kier alpha value is -4.52. The summed E-state index contributed by atoms with van der Waals surface area (Å²) in [5, 5.41) is 7.49. The van der Waals surface area contributed by atoms with Crippen LogP contribution in [0.4, 0.5) is 11.4 Å². The minimum absolute atomic E-state index is 0.0392. The summed E-state index contributed by atoms with van der Waals surface area (Å²) >= 11 is 0. The van der Waals surface area contributed by atoms with Crippen LogP contribution >= 0.6 is 0 Å². The van der Waals surface area contributed by atoms with Crippen LogP contribution in [-0.4, -0.2) is 20.0 Å². The van der Waals surface area contributed by atoms with Gasteiger partial charge in [0.15, 0.2) is 11.2 Å². The molecule has 7 heteroatoms. The van der Waals surface area contributed by atoms with E-state index in [0.29, 0.717) is 40.0 Å². The molecule has 0 amide bonds. The van der Waals surface area contributed by atoms with Gasteiger partial charge in [-0.05, 0) is 55.8 Å². The summed E-state index contributed by atoms with van der Waals surface area (Å²) in [4.78, 5) is 27.7. The van der Waals surface area contributed by atoms with Gasteiger partial charge in [0.1, 0.15) is 23.3 Å². The van der Waals surface area contributed by atoms with E-state index in [2.05, 4.69) is 10.6 Å². The lowest BCUT2D eigenvalue weighted by atomic mass is 9.78. The lowest BCUT2D eigenvalue weighted by molar-refractivity contribution is -0.116. The number of carbonyl (C=O) groups excluding carboxylic acids is 1. The van der Waals surface area contributed by atoms with E-state index in [0.717, 1.165) is 28.2 Å². The summed E-state index contributed by atoms with van der Waals surface area (Å²) in [6.45, 7) is 1.94. The number of fused-ring (bicyclic) bond motifs is 2. The van der Waals surface area contributed by atoms with Crippen molar-refractivity contribution in [1.82, 2.24) is 0 Å². The summed E-state index contributed by atoms with van der Waals surface area (Å²) < 4.78 is 17.0. The van der Waals surface area contributed by atoms with Crippen molar-refractivity contribution >= 4 is 28.1 Å². The fourth-order valence-corrected chi connectivity index (χ4v) is 5.56. The average molecular weight is 509 g/mol. The second kappa shape index (κ2) is 9.41. The predicted octanol–water partition coefficient (Wildman–Crippen LogP) is 6.10. The summed E-state index contributed by atoms with van der Waals surface area (Å²) in [6.07, 6.45) is 2.33. The number of aryl methyl sites for hydroxylation is 1. The molecule has 2 unspecified atom stereocenters. The SMILES string of the molecule is COc1ccc(OC)c(C2CC(=O)C3=C(C2)Nc2ccccc2NC3c2coc3ccc(C)cc3c2=O)c1. The maximum absolute atomic E-state index is 13.9. The molecule has 1 aromatic heterocycles. The van der Waals surface area contributed by atoms with Crippen LogP contribution in [0.15, 0.2) is 87.4 Å². The van der Waals surface area contributed by atoms with Crippen LogP contribution in [0.1, 0.15) is 41.5 Å². The average Bonchev–Trinajstić information content (AvgIpc) is 3.10. The van der Waals surface area contributed by atoms with Gasteiger partial charge in [-0.2, -0.15) is 0 Å². The van der Waals surface area contributed by atoms with Crippen molar-refractivity contribution in [3.63, 3.8) is 0 Å². The first-order chi connectivity index (χ1) is 18.5. The summed E-state index contributed by atoms with van der Waals surface area (Å²) in [6, 6.07) is 18.3. The van der Waals surface area contributed by atoms with Crippen molar-refractivity contribution in [3.05, 3.63) is 105 Å². The highest BCUT2D eigenvalue weighted by atomic mass is 16.5. The lowest BCUT2D eigenvalue weighted by Crippen LogP contribution is -2.29. The maximum Gasteiger partial charge on any atom is 0.198 e. The topological polar surface area (TPSA) is 89.8 Å². The number of hydrogen-bond donors (Lipinski definition) is 2. The molecule has 0 saturated heterocycles. The van der Waals surface area contributed by atoms with Gasteiger partial charge < -0.3 is 24.5 Å². The number of methoxy groups -OCH3 is 2. The van der Waals surface area contributed by atoms with E-state index >= 15 is 0 Å². The maximum atomic E-state index is 13.9. The van der Waals surface area contributed by atoms with E-state index in [1.54, 1.807) is 20.3 Å². The van der Waals surface area contributed by atoms with Crippen LogP contribution in [0.2, 0.25) is 0 Å². The number of Topliss-reactive ketones (excluding diaryl/α,β-unsaturated/α-hetero) is 1. The first-order valence-corrected chi connectivity index (χ1v) is 12.6. The molecule has 1 aliphatic heterocycles. The number of allylic oxidation sites excluding steroid dienone is 1. The number of ketones is 1.